The molecular formula is C16H22N4. The number of nitrogens with one attached hydrogen (secondary N) is 1. The monoisotopic (exact) mass is 270 g/mol. The first kappa shape index (κ1) is 14.5. The van der Waals surface area contributed by atoms with Crippen LogP contribution in [0.2, 0.25) is 0 Å². The Morgan fingerprint density at radius 1 is 1.35 bits per heavy atom. The summed E-state index contributed by atoms with van der Waals surface area (Å²) in [5, 5.41) is 8.56. The van der Waals surface area contributed by atoms with Crippen molar-refractivity contribution in [2.24, 2.45) is 5.73 Å². The van der Waals surface area contributed by atoms with Crippen LogP contribution in [0.5, 0.6) is 0 Å². The van der Waals surface area contributed by atoms with E-state index in [1.54, 1.807) is 0 Å². The summed E-state index contributed by atoms with van der Waals surface area (Å²) >= 11 is 0. The number of pyridine rings is 1. The average Bonchev–Trinajstić information content (AvgIpc) is 2.42. The van der Waals surface area contributed by atoms with Gasteiger partial charge in [-0.25, -0.2) is 0 Å². The summed E-state index contributed by atoms with van der Waals surface area (Å²) in [6.45, 7) is 6.80. The molecule has 0 spiro atoms. The van der Waals surface area contributed by atoms with Crippen LogP contribution in [0.1, 0.15) is 24.6 Å². The standard InChI is InChI=1S/C16H22N4/c1-3-20(9-8-16(17)18)11-13-10-12(2)19-15-7-5-4-6-14(13)15/h4-7,10H,3,8-9,11H2,1-2H3,(H3,17,18). The first-order chi connectivity index (χ1) is 9.60. The number of rotatable bonds is 6. The number of benzene rings is 1. The minimum atomic E-state index is 0.249. The van der Waals surface area contributed by atoms with Gasteiger partial charge in [0.1, 0.15) is 0 Å². The van der Waals surface area contributed by atoms with Crippen molar-refractivity contribution in [1.82, 2.24) is 9.88 Å². The molecule has 2 aromatic rings. The Morgan fingerprint density at radius 3 is 2.80 bits per heavy atom. The Balaban J connectivity index is 2.25. The lowest BCUT2D eigenvalue weighted by Crippen LogP contribution is -2.27. The molecule has 3 N–H and O–H groups in total. The molecule has 0 amide bonds. The number of hydrogen-bond acceptors (Lipinski definition) is 3. The Morgan fingerprint density at radius 2 is 2.10 bits per heavy atom. The highest BCUT2D eigenvalue weighted by atomic mass is 15.1. The van der Waals surface area contributed by atoms with E-state index >= 15 is 0 Å². The Bertz CT molecular complexity index is 606. The predicted molar refractivity (Wildman–Crippen MR) is 84.0 cm³/mol. The zero-order valence-electron chi connectivity index (χ0n) is 12.2. The molecule has 0 unspecified atom stereocenters. The highest BCUT2D eigenvalue weighted by Crippen LogP contribution is 2.19. The fourth-order valence-corrected chi connectivity index (χ4v) is 2.39. The molecule has 106 valence electrons. The molecule has 0 saturated carbocycles. The quantitative estimate of drug-likeness (QED) is 0.626. The minimum absolute atomic E-state index is 0.249. The maximum atomic E-state index is 7.35. The van der Waals surface area contributed by atoms with Gasteiger partial charge in [0, 0.05) is 30.6 Å². The smallest absolute Gasteiger partial charge is 0.0918 e. The van der Waals surface area contributed by atoms with Gasteiger partial charge in [-0.15, -0.1) is 0 Å². The molecule has 0 atom stereocenters. The summed E-state index contributed by atoms with van der Waals surface area (Å²) in [5.41, 5.74) is 8.83. The van der Waals surface area contributed by atoms with Crippen LogP contribution in [0.3, 0.4) is 0 Å². The Kier molecular flexibility index (Phi) is 4.69. The van der Waals surface area contributed by atoms with Crippen LogP contribution in [-0.4, -0.2) is 28.8 Å². The van der Waals surface area contributed by atoms with E-state index in [2.05, 4.69) is 41.1 Å². The summed E-state index contributed by atoms with van der Waals surface area (Å²) in [5.74, 6) is 0.249. The lowest BCUT2D eigenvalue weighted by Gasteiger charge is -2.21. The van der Waals surface area contributed by atoms with Gasteiger partial charge in [-0.1, -0.05) is 25.1 Å². The fourth-order valence-electron chi connectivity index (χ4n) is 2.39. The van der Waals surface area contributed by atoms with Gasteiger partial charge >= 0.3 is 0 Å². The second-order valence-electron chi connectivity index (χ2n) is 5.08. The number of nitrogens with zero attached hydrogens (tertiary/aromatic N) is 2. The van der Waals surface area contributed by atoms with Crippen LogP contribution in [0, 0.1) is 12.3 Å². The molecular weight excluding hydrogens is 248 g/mol. The third-order valence-corrected chi connectivity index (χ3v) is 3.47. The van der Waals surface area contributed by atoms with E-state index in [-0.39, 0.29) is 5.84 Å². The molecule has 1 aromatic carbocycles. The van der Waals surface area contributed by atoms with Gasteiger partial charge < -0.3 is 5.73 Å². The molecule has 0 saturated heterocycles. The summed E-state index contributed by atoms with van der Waals surface area (Å²) in [6, 6.07) is 10.4. The zero-order chi connectivity index (χ0) is 14.5. The summed E-state index contributed by atoms with van der Waals surface area (Å²) in [4.78, 5) is 6.88. The summed E-state index contributed by atoms with van der Waals surface area (Å²) in [6.07, 6.45) is 0.621. The zero-order valence-corrected chi connectivity index (χ0v) is 12.2. The average molecular weight is 270 g/mol. The number of aryl methyl sites for hydroxylation is 1. The predicted octanol–water partition coefficient (Wildman–Crippen LogP) is 2.69. The summed E-state index contributed by atoms with van der Waals surface area (Å²) in [7, 11) is 0. The first-order valence-corrected chi connectivity index (χ1v) is 7.00. The number of para-hydroxylation sites is 1. The second kappa shape index (κ2) is 6.48. The molecule has 0 aliphatic heterocycles. The lowest BCUT2D eigenvalue weighted by atomic mass is 10.1. The van der Waals surface area contributed by atoms with E-state index in [0.29, 0.717) is 6.42 Å². The highest BCUT2D eigenvalue weighted by Gasteiger charge is 2.08. The topological polar surface area (TPSA) is 66.0 Å². The van der Waals surface area contributed by atoms with Gasteiger partial charge in [-0.3, -0.25) is 15.3 Å². The molecule has 0 radical (unpaired) electrons. The van der Waals surface area contributed by atoms with Crippen molar-refractivity contribution in [2.75, 3.05) is 13.1 Å². The van der Waals surface area contributed by atoms with Crippen molar-refractivity contribution in [2.45, 2.75) is 26.8 Å². The van der Waals surface area contributed by atoms with Crippen molar-refractivity contribution in [3.05, 3.63) is 41.6 Å². The molecule has 4 heteroatoms. The van der Waals surface area contributed by atoms with Crippen LogP contribution in [-0.2, 0) is 6.54 Å². The van der Waals surface area contributed by atoms with Gasteiger partial charge in [-0.05, 0) is 31.2 Å². The van der Waals surface area contributed by atoms with E-state index in [9.17, 15) is 0 Å². The molecule has 2 rings (SSSR count). The first-order valence-electron chi connectivity index (χ1n) is 7.00. The number of hydrogen-bond donors (Lipinski definition) is 2. The Hall–Kier alpha value is -1.94. The highest BCUT2D eigenvalue weighted by molar-refractivity contribution is 5.82. The molecule has 0 aliphatic carbocycles. The number of amidine groups is 1. The van der Waals surface area contributed by atoms with Gasteiger partial charge in [0.25, 0.3) is 0 Å². The van der Waals surface area contributed by atoms with Crippen molar-refractivity contribution >= 4 is 16.7 Å². The van der Waals surface area contributed by atoms with Crippen molar-refractivity contribution in [3.8, 4) is 0 Å². The van der Waals surface area contributed by atoms with Crippen molar-refractivity contribution < 1.29 is 0 Å². The largest absolute Gasteiger partial charge is 0.388 e. The maximum absolute atomic E-state index is 7.35. The van der Waals surface area contributed by atoms with E-state index in [4.69, 9.17) is 11.1 Å². The lowest BCUT2D eigenvalue weighted by molar-refractivity contribution is 0.289. The van der Waals surface area contributed by atoms with Crippen LogP contribution in [0.4, 0.5) is 0 Å². The molecule has 1 heterocycles. The van der Waals surface area contributed by atoms with Crippen molar-refractivity contribution in [1.29, 1.82) is 5.41 Å². The van der Waals surface area contributed by atoms with E-state index < -0.39 is 0 Å². The van der Waals surface area contributed by atoms with E-state index in [1.807, 2.05) is 13.0 Å². The van der Waals surface area contributed by atoms with E-state index in [1.165, 1.54) is 10.9 Å². The SMILES string of the molecule is CCN(CCC(=N)N)Cc1cc(C)nc2ccccc12. The van der Waals surface area contributed by atoms with E-state index in [0.717, 1.165) is 30.8 Å². The van der Waals surface area contributed by atoms with Gasteiger partial charge in [0.05, 0.1) is 11.4 Å². The second-order valence-corrected chi connectivity index (χ2v) is 5.08. The number of nitrogens with two attached hydrogens (primary N) is 1. The third-order valence-electron chi connectivity index (χ3n) is 3.47. The van der Waals surface area contributed by atoms with Gasteiger partial charge in [0.2, 0.25) is 0 Å². The van der Waals surface area contributed by atoms with Crippen LogP contribution >= 0.6 is 0 Å². The molecule has 1 aromatic heterocycles. The van der Waals surface area contributed by atoms with Gasteiger partial charge in [0.15, 0.2) is 0 Å². The van der Waals surface area contributed by atoms with Crippen LogP contribution < -0.4 is 5.73 Å². The number of fused-ring (bicyclic) bond motifs is 1. The summed E-state index contributed by atoms with van der Waals surface area (Å²) < 4.78 is 0. The molecule has 4 nitrogen and oxygen atoms in total. The van der Waals surface area contributed by atoms with Crippen LogP contribution in [0.15, 0.2) is 30.3 Å². The molecule has 0 fully saturated rings. The Labute approximate surface area is 120 Å². The third kappa shape index (κ3) is 3.54. The normalized spacial score (nSPS) is 11.2. The molecule has 20 heavy (non-hydrogen) atoms. The maximum Gasteiger partial charge on any atom is 0.0918 e. The molecule has 0 aliphatic rings. The molecule has 0 bridgehead atoms. The van der Waals surface area contributed by atoms with Crippen LogP contribution in [0.25, 0.3) is 10.9 Å². The minimum Gasteiger partial charge on any atom is -0.388 e. The van der Waals surface area contributed by atoms with Gasteiger partial charge in [-0.2, -0.15) is 0 Å². The van der Waals surface area contributed by atoms with Crippen molar-refractivity contribution in [3.63, 3.8) is 0 Å². The fraction of sp³-hybridized carbons (Fsp3) is 0.375. The number of aromatic nitrogens is 1.